The van der Waals surface area contributed by atoms with Crippen molar-refractivity contribution in [2.75, 3.05) is 0 Å². The largest absolute Gasteiger partial charge is 0.343 e. The van der Waals surface area contributed by atoms with Crippen LogP contribution in [0.25, 0.3) is 0 Å². The number of hydrogen-bond acceptors (Lipinski definition) is 2. The summed E-state index contributed by atoms with van der Waals surface area (Å²) in [4.78, 5) is 0. The number of hydrogen-bond donors (Lipinski definition) is 0. The minimum Gasteiger partial charge on any atom is -0.343 e. The van der Waals surface area contributed by atoms with E-state index in [-0.39, 0.29) is 18.0 Å². The van der Waals surface area contributed by atoms with Crippen LogP contribution in [0.15, 0.2) is 24.3 Å². The molecule has 1 saturated heterocycles. The molecule has 0 bridgehead atoms. The molecule has 2 nitrogen and oxygen atoms in total. The Morgan fingerprint density at radius 3 is 2.26 bits per heavy atom. The van der Waals surface area contributed by atoms with E-state index in [1.807, 2.05) is 0 Å². The average Bonchev–Trinajstić information content (AvgIpc) is 2.99. The molecule has 1 aliphatic heterocycles. The predicted molar refractivity (Wildman–Crippen MR) is 75.9 cm³/mol. The molecule has 2 atom stereocenters. The molecular weight excluding hydrogens is 236 g/mol. The molecule has 1 saturated carbocycles. The minimum atomic E-state index is -0.287. The molecular formula is C17H24O2. The van der Waals surface area contributed by atoms with Gasteiger partial charge in [0.15, 0.2) is 5.79 Å². The van der Waals surface area contributed by atoms with Crippen molar-refractivity contribution in [1.82, 2.24) is 0 Å². The van der Waals surface area contributed by atoms with Crippen molar-refractivity contribution in [3.8, 4) is 0 Å². The Hall–Kier alpha value is -0.860. The summed E-state index contributed by atoms with van der Waals surface area (Å²) < 4.78 is 12.7. The molecule has 1 aromatic carbocycles. The predicted octanol–water partition coefficient (Wildman–Crippen LogP) is 4.38. The second-order valence-electron chi connectivity index (χ2n) is 6.39. The first-order valence-electron chi connectivity index (χ1n) is 7.52. The molecule has 2 aliphatic rings. The molecule has 104 valence electrons. The van der Waals surface area contributed by atoms with Gasteiger partial charge in [0.2, 0.25) is 0 Å². The van der Waals surface area contributed by atoms with E-state index in [0.717, 1.165) is 12.8 Å². The van der Waals surface area contributed by atoms with Crippen molar-refractivity contribution in [1.29, 1.82) is 0 Å². The van der Waals surface area contributed by atoms with Gasteiger partial charge in [-0.2, -0.15) is 0 Å². The first-order valence-corrected chi connectivity index (χ1v) is 7.52. The summed E-state index contributed by atoms with van der Waals surface area (Å²) in [6, 6.07) is 8.70. The number of benzene rings is 1. The molecule has 0 unspecified atom stereocenters. The lowest BCUT2D eigenvalue weighted by atomic mass is 9.96. The van der Waals surface area contributed by atoms with Crippen molar-refractivity contribution in [2.45, 2.75) is 64.4 Å². The summed E-state index contributed by atoms with van der Waals surface area (Å²) in [5.74, 6) is 0.191. The van der Waals surface area contributed by atoms with E-state index in [9.17, 15) is 0 Å². The van der Waals surface area contributed by atoms with E-state index in [1.165, 1.54) is 24.0 Å². The van der Waals surface area contributed by atoms with Crippen molar-refractivity contribution >= 4 is 0 Å². The average molecular weight is 260 g/mol. The molecule has 0 amide bonds. The highest BCUT2D eigenvalue weighted by Crippen LogP contribution is 2.48. The first kappa shape index (κ1) is 13.1. The molecule has 1 aromatic rings. The normalized spacial score (nSPS) is 29.5. The number of rotatable bonds is 2. The van der Waals surface area contributed by atoms with E-state index < -0.39 is 0 Å². The summed E-state index contributed by atoms with van der Waals surface area (Å²) in [6.07, 6.45) is 4.84. The lowest BCUT2D eigenvalue weighted by Gasteiger charge is -2.22. The third-order valence-corrected chi connectivity index (χ3v) is 4.42. The minimum absolute atomic E-state index is 0.0960. The molecule has 2 heteroatoms. The van der Waals surface area contributed by atoms with Gasteiger partial charge < -0.3 is 9.47 Å². The Morgan fingerprint density at radius 2 is 1.68 bits per heavy atom. The molecule has 3 rings (SSSR count). The highest BCUT2D eigenvalue weighted by Gasteiger charge is 2.50. The van der Waals surface area contributed by atoms with Crippen LogP contribution < -0.4 is 0 Å². The van der Waals surface area contributed by atoms with E-state index in [4.69, 9.17) is 9.47 Å². The highest BCUT2D eigenvalue weighted by molar-refractivity contribution is 5.25. The molecule has 0 N–H and O–H groups in total. The maximum absolute atomic E-state index is 6.39. The Morgan fingerprint density at radius 1 is 1.05 bits per heavy atom. The SMILES string of the molecule is Cc1ccc([C@H]2OC3(CCCC3)O[C@@H]2C(C)C)cc1. The fraction of sp³-hybridized carbons (Fsp3) is 0.647. The van der Waals surface area contributed by atoms with Crippen LogP contribution in [0.2, 0.25) is 0 Å². The smallest absolute Gasteiger partial charge is 0.169 e. The second kappa shape index (κ2) is 4.92. The van der Waals surface area contributed by atoms with Crippen molar-refractivity contribution in [3.63, 3.8) is 0 Å². The van der Waals surface area contributed by atoms with Gasteiger partial charge in [-0.25, -0.2) is 0 Å². The number of ether oxygens (including phenoxy) is 2. The van der Waals surface area contributed by atoms with Crippen LogP contribution in [-0.4, -0.2) is 11.9 Å². The molecule has 2 fully saturated rings. The molecule has 1 aliphatic carbocycles. The maximum Gasteiger partial charge on any atom is 0.169 e. The zero-order chi connectivity index (χ0) is 13.5. The van der Waals surface area contributed by atoms with Gasteiger partial charge in [-0.1, -0.05) is 43.7 Å². The van der Waals surface area contributed by atoms with Crippen LogP contribution in [0.3, 0.4) is 0 Å². The van der Waals surface area contributed by atoms with Gasteiger partial charge >= 0.3 is 0 Å². The molecule has 19 heavy (non-hydrogen) atoms. The second-order valence-corrected chi connectivity index (χ2v) is 6.39. The summed E-state index contributed by atoms with van der Waals surface area (Å²) in [5.41, 5.74) is 2.55. The first-order chi connectivity index (χ1) is 9.10. The molecule has 1 heterocycles. The Bertz CT molecular complexity index is 429. The van der Waals surface area contributed by atoms with Crippen LogP contribution in [0.1, 0.15) is 56.8 Å². The topological polar surface area (TPSA) is 18.5 Å². The monoisotopic (exact) mass is 260 g/mol. The van der Waals surface area contributed by atoms with Gasteiger partial charge in [-0.3, -0.25) is 0 Å². The van der Waals surface area contributed by atoms with Crippen LogP contribution in [0, 0.1) is 12.8 Å². The zero-order valence-electron chi connectivity index (χ0n) is 12.2. The van der Waals surface area contributed by atoms with Crippen molar-refractivity contribution in [3.05, 3.63) is 35.4 Å². The van der Waals surface area contributed by atoms with Gasteiger partial charge in [0, 0.05) is 12.8 Å². The third kappa shape index (κ3) is 2.44. The third-order valence-electron chi connectivity index (χ3n) is 4.42. The van der Waals surface area contributed by atoms with E-state index in [1.54, 1.807) is 0 Å². The summed E-state index contributed by atoms with van der Waals surface area (Å²) in [5, 5.41) is 0. The highest BCUT2D eigenvalue weighted by atomic mass is 16.8. The fourth-order valence-electron chi connectivity index (χ4n) is 3.28. The maximum atomic E-state index is 6.39. The fourth-order valence-corrected chi connectivity index (χ4v) is 3.28. The van der Waals surface area contributed by atoms with Crippen LogP contribution in [-0.2, 0) is 9.47 Å². The summed E-state index contributed by atoms with van der Waals surface area (Å²) in [7, 11) is 0. The van der Waals surface area contributed by atoms with E-state index >= 15 is 0 Å². The zero-order valence-corrected chi connectivity index (χ0v) is 12.2. The molecule has 1 spiro atoms. The van der Waals surface area contributed by atoms with Gasteiger partial charge in [-0.05, 0) is 31.2 Å². The van der Waals surface area contributed by atoms with E-state index in [0.29, 0.717) is 5.92 Å². The van der Waals surface area contributed by atoms with Crippen molar-refractivity contribution in [2.24, 2.45) is 5.92 Å². The van der Waals surface area contributed by atoms with Gasteiger partial charge in [0.1, 0.15) is 6.10 Å². The standard InChI is InChI=1S/C17H24O2/c1-12(2)15-16(14-8-6-13(3)7-9-14)19-17(18-15)10-4-5-11-17/h6-9,12,15-16H,4-5,10-11H2,1-3H3/t15-,16-/m1/s1. The van der Waals surface area contributed by atoms with Crippen LogP contribution >= 0.6 is 0 Å². The van der Waals surface area contributed by atoms with Gasteiger partial charge in [-0.15, -0.1) is 0 Å². The molecule has 0 radical (unpaired) electrons. The summed E-state index contributed by atoms with van der Waals surface area (Å²) in [6.45, 7) is 6.57. The van der Waals surface area contributed by atoms with Gasteiger partial charge in [0.05, 0.1) is 6.10 Å². The van der Waals surface area contributed by atoms with Crippen LogP contribution in [0.5, 0.6) is 0 Å². The number of aryl methyl sites for hydroxylation is 1. The molecule has 0 aromatic heterocycles. The van der Waals surface area contributed by atoms with Gasteiger partial charge in [0.25, 0.3) is 0 Å². The van der Waals surface area contributed by atoms with E-state index in [2.05, 4.69) is 45.0 Å². The Labute approximate surface area is 116 Å². The quantitative estimate of drug-likeness (QED) is 0.785. The Balaban J connectivity index is 1.87. The lowest BCUT2D eigenvalue weighted by Crippen LogP contribution is -2.27. The van der Waals surface area contributed by atoms with Crippen molar-refractivity contribution < 1.29 is 9.47 Å². The van der Waals surface area contributed by atoms with Crippen LogP contribution in [0.4, 0.5) is 0 Å². The Kier molecular flexibility index (Phi) is 3.40. The summed E-state index contributed by atoms with van der Waals surface area (Å²) >= 11 is 0. The lowest BCUT2D eigenvalue weighted by molar-refractivity contribution is -0.172.